The minimum atomic E-state index is 0.440. The SMILES string of the molecule is CN1CCCNC(c2cc3ccccc3n2C)C1. The van der Waals surface area contributed by atoms with Gasteiger partial charge in [0.1, 0.15) is 0 Å². The molecule has 18 heavy (non-hydrogen) atoms. The van der Waals surface area contributed by atoms with Gasteiger partial charge >= 0.3 is 0 Å². The third kappa shape index (κ3) is 2.04. The number of aromatic nitrogens is 1. The van der Waals surface area contributed by atoms with E-state index in [1.54, 1.807) is 0 Å². The number of fused-ring (bicyclic) bond motifs is 1. The van der Waals surface area contributed by atoms with E-state index in [-0.39, 0.29) is 0 Å². The number of likely N-dealkylation sites (N-methyl/N-ethyl adjacent to an activating group) is 1. The lowest BCUT2D eigenvalue weighted by atomic mass is 10.2. The number of rotatable bonds is 1. The summed E-state index contributed by atoms with van der Waals surface area (Å²) in [5.74, 6) is 0. The third-order valence-electron chi connectivity index (χ3n) is 3.95. The molecular formula is C15H21N3. The average molecular weight is 243 g/mol. The maximum Gasteiger partial charge on any atom is 0.0604 e. The van der Waals surface area contributed by atoms with Gasteiger partial charge < -0.3 is 14.8 Å². The molecule has 96 valence electrons. The predicted molar refractivity (Wildman–Crippen MR) is 75.8 cm³/mol. The number of benzene rings is 1. The number of nitrogens with one attached hydrogen (secondary N) is 1. The monoisotopic (exact) mass is 243 g/mol. The van der Waals surface area contributed by atoms with Crippen molar-refractivity contribution in [3.63, 3.8) is 0 Å². The molecule has 1 aliphatic rings. The van der Waals surface area contributed by atoms with Gasteiger partial charge in [0.05, 0.1) is 6.04 Å². The molecule has 1 unspecified atom stereocenters. The van der Waals surface area contributed by atoms with Crippen LogP contribution in [0.2, 0.25) is 0 Å². The molecular weight excluding hydrogens is 222 g/mol. The van der Waals surface area contributed by atoms with Crippen LogP contribution in [-0.2, 0) is 7.05 Å². The van der Waals surface area contributed by atoms with Gasteiger partial charge in [0.15, 0.2) is 0 Å². The van der Waals surface area contributed by atoms with Crippen LogP contribution >= 0.6 is 0 Å². The summed E-state index contributed by atoms with van der Waals surface area (Å²) in [6.45, 7) is 3.38. The number of nitrogens with zero attached hydrogens (tertiary/aromatic N) is 2. The average Bonchev–Trinajstić information content (AvgIpc) is 2.56. The number of aryl methyl sites for hydroxylation is 1. The van der Waals surface area contributed by atoms with E-state index in [9.17, 15) is 0 Å². The highest BCUT2D eigenvalue weighted by atomic mass is 15.2. The van der Waals surface area contributed by atoms with Crippen LogP contribution in [0.4, 0.5) is 0 Å². The van der Waals surface area contributed by atoms with Crippen LogP contribution in [0.1, 0.15) is 18.2 Å². The quantitative estimate of drug-likeness (QED) is 0.828. The smallest absolute Gasteiger partial charge is 0.0604 e. The van der Waals surface area contributed by atoms with Gasteiger partial charge in [-0.3, -0.25) is 0 Å². The topological polar surface area (TPSA) is 20.2 Å². The van der Waals surface area contributed by atoms with E-state index in [2.05, 4.69) is 59.2 Å². The van der Waals surface area contributed by atoms with E-state index in [0.29, 0.717) is 6.04 Å². The zero-order valence-electron chi connectivity index (χ0n) is 11.2. The van der Waals surface area contributed by atoms with Crippen molar-refractivity contribution in [1.29, 1.82) is 0 Å². The Morgan fingerprint density at radius 2 is 2.06 bits per heavy atom. The minimum Gasteiger partial charge on any atom is -0.346 e. The Balaban J connectivity index is 2.00. The first-order chi connectivity index (χ1) is 8.75. The first-order valence-corrected chi connectivity index (χ1v) is 6.72. The highest BCUT2D eigenvalue weighted by molar-refractivity contribution is 5.81. The zero-order chi connectivity index (χ0) is 12.5. The van der Waals surface area contributed by atoms with E-state index in [4.69, 9.17) is 0 Å². The van der Waals surface area contributed by atoms with Crippen molar-refractivity contribution in [3.05, 3.63) is 36.0 Å². The Labute approximate surface area is 108 Å². The van der Waals surface area contributed by atoms with Crippen molar-refractivity contribution in [2.24, 2.45) is 7.05 Å². The second kappa shape index (κ2) is 4.75. The van der Waals surface area contributed by atoms with Crippen molar-refractivity contribution >= 4 is 10.9 Å². The molecule has 0 bridgehead atoms. The Kier molecular flexibility index (Phi) is 3.10. The molecule has 0 spiro atoms. The summed E-state index contributed by atoms with van der Waals surface area (Å²) < 4.78 is 2.33. The fourth-order valence-electron chi connectivity index (χ4n) is 2.94. The van der Waals surface area contributed by atoms with Gasteiger partial charge in [0, 0.05) is 24.8 Å². The predicted octanol–water partition coefficient (Wildman–Crippen LogP) is 2.14. The maximum atomic E-state index is 3.67. The van der Waals surface area contributed by atoms with E-state index < -0.39 is 0 Å². The third-order valence-corrected chi connectivity index (χ3v) is 3.95. The second-order valence-corrected chi connectivity index (χ2v) is 5.31. The first-order valence-electron chi connectivity index (χ1n) is 6.72. The largest absolute Gasteiger partial charge is 0.346 e. The lowest BCUT2D eigenvalue weighted by molar-refractivity contribution is 0.322. The summed E-state index contributed by atoms with van der Waals surface area (Å²) in [6.07, 6.45) is 1.23. The highest BCUT2D eigenvalue weighted by Gasteiger charge is 2.20. The van der Waals surface area contributed by atoms with Crippen molar-refractivity contribution in [2.45, 2.75) is 12.5 Å². The van der Waals surface area contributed by atoms with Crippen molar-refractivity contribution in [2.75, 3.05) is 26.7 Å². The van der Waals surface area contributed by atoms with Crippen molar-refractivity contribution < 1.29 is 0 Å². The van der Waals surface area contributed by atoms with E-state index in [0.717, 1.165) is 13.1 Å². The van der Waals surface area contributed by atoms with E-state index in [1.807, 2.05) is 0 Å². The van der Waals surface area contributed by atoms with Crippen LogP contribution in [0.25, 0.3) is 10.9 Å². The van der Waals surface area contributed by atoms with Gasteiger partial charge in [-0.1, -0.05) is 18.2 Å². The number of para-hydroxylation sites is 1. The molecule has 1 aromatic carbocycles. The highest BCUT2D eigenvalue weighted by Crippen LogP contribution is 2.24. The summed E-state index contributed by atoms with van der Waals surface area (Å²) in [5.41, 5.74) is 2.71. The molecule has 1 saturated heterocycles. The molecule has 0 aliphatic carbocycles. The van der Waals surface area contributed by atoms with Gasteiger partial charge in [-0.2, -0.15) is 0 Å². The molecule has 1 N–H and O–H groups in total. The number of hydrogen-bond donors (Lipinski definition) is 1. The molecule has 2 heterocycles. The lowest BCUT2D eigenvalue weighted by Crippen LogP contribution is -2.30. The molecule has 0 saturated carbocycles. The molecule has 1 fully saturated rings. The Morgan fingerprint density at radius 1 is 1.22 bits per heavy atom. The van der Waals surface area contributed by atoms with E-state index >= 15 is 0 Å². The van der Waals surface area contributed by atoms with Crippen molar-refractivity contribution in [3.8, 4) is 0 Å². The van der Waals surface area contributed by atoms with Gasteiger partial charge in [0.2, 0.25) is 0 Å². The van der Waals surface area contributed by atoms with Crippen molar-refractivity contribution in [1.82, 2.24) is 14.8 Å². The molecule has 1 atom stereocenters. The van der Waals surface area contributed by atoms with Crippen LogP contribution in [-0.4, -0.2) is 36.1 Å². The molecule has 1 aliphatic heterocycles. The maximum absolute atomic E-state index is 3.67. The lowest BCUT2D eigenvalue weighted by Gasteiger charge is -2.21. The second-order valence-electron chi connectivity index (χ2n) is 5.31. The summed E-state index contributed by atoms with van der Waals surface area (Å²) in [7, 11) is 4.38. The summed E-state index contributed by atoms with van der Waals surface area (Å²) >= 11 is 0. The Morgan fingerprint density at radius 3 is 2.89 bits per heavy atom. The van der Waals surface area contributed by atoms with Crippen LogP contribution < -0.4 is 5.32 Å². The van der Waals surface area contributed by atoms with Crippen LogP contribution in [0.5, 0.6) is 0 Å². The van der Waals surface area contributed by atoms with Gasteiger partial charge in [0.25, 0.3) is 0 Å². The molecule has 2 aromatic rings. The molecule has 3 heteroatoms. The Bertz CT molecular complexity index is 544. The van der Waals surface area contributed by atoms with Gasteiger partial charge in [-0.05, 0) is 44.1 Å². The molecule has 3 rings (SSSR count). The summed E-state index contributed by atoms with van der Waals surface area (Å²) in [5, 5.41) is 5.00. The molecule has 0 radical (unpaired) electrons. The molecule has 3 nitrogen and oxygen atoms in total. The fourth-order valence-corrected chi connectivity index (χ4v) is 2.94. The minimum absolute atomic E-state index is 0.440. The summed E-state index contributed by atoms with van der Waals surface area (Å²) in [4.78, 5) is 2.42. The zero-order valence-corrected chi connectivity index (χ0v) is 11.2. The first kappa shape index (κ1) is 11.8. The van der Waals surface area contributed by atoms with Crippen LogP contribution in [0.15, 0.2) is 30.3 Å². The van der Waals surface area contributed by atoms with Crippen LogP contribution in [0, 0.1) is 0 Å². The van der Waals surface area contributed by atoms with Crippen LogP contribution in [0.3, 0.4) is 0 Å². The number of hydrogen-bond acceptors (Lipinski definition) is 2. The molecule has 1 aromatic heterocycles. The van der Waals surface area contributed by atoms with Gasteiger partial charge in [-0.15, -0.1) is 0 Å². The Hall–Kier alpha value is -1.32. The summed E-state index contributed by atoms with van der Waals surface area (Å²) in [6, 6.07) is 11.4. The molecule has 0 amide bonds. The standard InChI is InChI=1S/C15H21N3/c1-17-9-5-8-16-13(11-17)15-10-12-6-3-4-7-14(12)18(15)2/h3-4,6-7,10,13,16H,5,8-9,11H2,1-2H3. The normalized spacial score (nSPS) is 22.2. The van der Waals surface area contributed by atoms with E-state index in [1.165, 1.54) is 29.6 Å². The fraction of sp³-hybridized carbons (Fsp3) is 0.467. The van der Waals surface area contributed by atoms with Gasteiger partial charge in [-0.25, -0.2) is 0 Å².